The molecule has 2 aromatic heterocycles. The van der Waals surface area contributed by atoms with Gasteiger partial charge in [0.05, 0.1) is 17.8 Å². The van der Waals surface area contributed by atoms with Crippen molar-refractivity contribution in [3.63, 3.8) is 0 Å². The van der Waals surface area contributed by atoms with Gasteiger partial charge in [0.1, 0.15) is 0 Å². The highest BCUT2D eigenvalue weighted by Gasteiger charge is 2.15. The summed E-state index contributed by atoms with van der Waals surface area (Å²) in [6.07, 6.45) is 3.63. The Balaban J connectivity index is 2.56. The first-order chi connectivity index (χ1) is 8.13. The summed E-state index contributed by atoms with van der Waals surface area (Å²) in [7, 11) is 0. The van der Waals surface area contributed by atoms with Crippen molar-refractivity contribution in [1.29, 1.82) is 0 Å². The van der Waals surface area contributed by atoms with Gasteiger partial charge in [-0.1, -0.05) is 13.8 Å². The van der Waals surface area contributed by atoms with E-state index >= 15 is 0 Å². The second-order valence-corrected chi connectivity index (χ2v) is 4.71. The normalized spacial score (nSPS) is 11.1. The van der Waals surface area contributed by atoms with Crippen molar-refractivity contribution in [2.75, 3.05) is 0 Å². The van der Waals surface area contributed by atoms with Crippen LogP contribution >= 0.6 is 11.6 Å². The molecule has 0 atom stereocenters. The first kappa shape index (κ1) is 12.1. The van der Waals surface area contributed by atoms with Crippen LogP contribution in [-0.2, 0) is 5.88 Å². The third kappa shape index (κ3) is 2.34. The van der Waals surface area contributed by atoms with Gasteiger partial charge in [-0.05, 0) is 30.5 Å². The van der Waals surface area contributed by atoms with Crippen LogP contribution in [0, 0.1) is 6.92 Å². The van der Waals surface area contributed by atoms with Crippen LogP contribution in [0.4, 0.5) is 0 Å². The lowest BCUT2D eigenvalue weighted by Gasteiger charge is -2.11. The summed E-state index contributed by atoms with van der Waals surface area (Å²) in [6, 6.07) is 4.00. The Hall–Kier alpha value is -1.35. The van der Waals surface area contributed by atoms with E-state index in [4.69, 9.17) is 11.6 Å². The quantitative estimate of drug-likeness (QED) is 0.781. The number of rotatable bonds is 3. The van der Waals surface area contributed by atoms with Crippen LogP contribution < -0.4 is 0 Å². The highest BCUT2D eigenvalue weighted by molar-refractivity contribution is 6.17. The highest BCUT2D eigenvalue weighted by Crippen LogP contribution is 2.23. The molecule has 90 valence electrons. The molecule has 0 radical (unpaired) electrons. The molecule has 0 aromatic carbocycles. The smallest absolute Gasteiger partial charge is 0.153 e. The van der Waals surface area contributed by atoms with E-state index < -0.39 is 0 Å². The van der Waals surface area contributed by atoms with Gasteiger partial charge < -0.3 is 0 Å². The van der Waals surface area contributed by atoms with Gasteiger partial charge in [-0.2, -0.15) is 5.10 Å². The Morgan fingerprint density at radius 1 is 1.41 bits per heavy atom. The van der Waals surface area contributed by atoms with Crippen LogP contribution in [0.15, 0.2) is 24.5 Å². The highest BCUT2D eigenvalue weighted by atomic mass is 35.5. The molecular formula is C13H16ClN3. The average Bonchev–Trinajstić information content (AvgIpc) is 2.72. The van der Waals surface area contributed by atoms with Gasteiger partial charge in [0.25, 0.3) is 0 Å². The molecule has 2 heterocycles. The molecule has 0 N–H and O–H groups in total. The molecule has 3 nitrogen and oxygen atoms in total. The van der Waals surface area contributed by atoms with Crippen LogP contribution in [0.2, 0.25) is 0 Å². The number of hydrogen-bond acceptors (Lipinski definition) is 2. The van der Waals surface area contributed by atoms with Crippen molar-refractivity contribution in [1.82, 2.24) is 14.8 Å². The van der Waals surface area contributed by atoms with Crippen molar-refractivity contribution in [3.8, 4) is 5.82 Å². The molecule has 0 aliphatic rings. The Morgan fingerprint density at radius 3 is 2.76 bits per heavy atom. The van der Waals surface area contributed by atoms with E-state index in [1.807, 2.05) is 29.9 Å². The maximum Gasteiger partial charge on any atom is 0.153 e. The molecule has 0 aliphatic heterocycles. The molecule has 0 fully saturated rings. The number of alkyl halides is 1. The molecule has 0 saturated carbocycles. The number of aromatic nitrogens is 3. The topological polar surface area (TPSA) is 30.7 Å². The molecule has 4 heteroatoms. The van der Waals surface area contributed by atoms with Crippen molar-refractivity contribution < 1.29 is 0 Å². The van der Waals surface area contributed by atoms with Gasteiger partial charge >= 0.3 is 0 Å². The fourth-order valence-corrected chi connectivity index (χ4v) is 2.13. The van der Waals surface area contributed by atoms with E-state index in [0.717, 1.165) is 17.1 Å². The zero-order valence-corrected chi connectivity index (χ0v) is 11.1. The Morgan fingerprint density at radius 2 is 2.18 bits per heavy atom. The molecule has 0 saturated heterocycles. The number of halogens is 1. The van der Waals surface area contributed by atoms with Crippen molar-refractivity contribution >= 4 is 11.6 Å². The first-order valence-electron chi connectivity index (χ1n) is 5.69. The van der Waals surface area contributed by atoms with Gasteiger partial charge in [0.15, 0.2) is 5.82 Å². The Kier molecular flexibility index (Phi) is 3.48. The lowest BCUT2D eigenvalue weighted by Crippen LogP contribution is -2.07. The van der Waals surface area contributed by atoms with Crippen LogP contribution in [0.5, 0.6) is 0 Å². The predicted octanol–water partition coefficient (Wildman–Crippen LogP) is 3.44. The van der Waals surface area contributed by atoms with E-state index in [-0.39, 0.29) is 0 Å². The minimum Gasteiger partial charge on any atom is -0.237 e. The maximum atomic E-state index is 5.93. The molecule has 2 rings (SSSR count). The van der Waals surface area contributed by atoms with Crippen molar-refractivity contribution in [2.24, 2.45) is 0 Å². The third-order valence-corrected chi connectivity index (χ3v) is 2.98. The molecule has 0 bridgehead atoms. The fraction of sp³-hybridized carbons (Fsp3) is 0.385. The van der Waals surface area contributed by atoms with Crippen LogP contribution in [-0.4, -0.2) is 14.8 Å². The summed E-state index contributed by atoms with van der Waals surface area (Å²) >= 11 is 5.93. The Bertz CT molecular complexity index is 517. The second-order valence-electron chi connectivity index (χ2n) is 4.45. The summed E-state index contributed by atoms with van der Waals surface area (Å²) in [5, 5.41) is 4.39. The maximum absolute atomic E-state index is 5.93. The summed E-state index contributed by atoms with van der Waals surface area (Å²) in [5.74, 6) is 1.71. The van der Waals surface area contributed by atoms with Crippen LogP contribution in [0.25, 0.3) is 5.82 Å². The SMILES string of the molecule is Cc1ccnc(-n2ncc(CCl)c2C(C)C)c1. The number of hydrogen-bond donors (Lipinski definition) is 0. The van der Waals surface area contributed by atoms with Gasteiger partial charge in [0, 0.05) is 11.8 Å². The zero-order valence-electron chi connectivity index (χ0n) is 10.3. The molecule has 17 heavy (non-hydrogen) atoms. The van der Waals surface area contributed by atoms with Gasteiger partial charge in [0.2, 0.25) is 0 Å². The monoisotopic (exact) mass is 249 g/mol. The predicted molar refractivity (Wildman–Crippen MR) is 69.7 cm³/mol. The van der Waals surface area contributed by atoms with E-state index in [2.05, 4.69) is 23.9 Å². The van der Waals surface area contributed by atoms with Gasteiger partial charge in [-0.3, -0.25) is 0 Å². The Labute approximate surface area is 106 Å². The first-order valence-corrected chi connectivity index (χ1v) is 6.22. The number of nitrogens with zero attached hydrogens (tertiary/aromatic N) is 3. The average molecular weight is 250 g/mol. The molecule has 2 aromatic rings. The molecule has 0 aliphatic carbocycles. The summed E-state index contributed by atoms with van der Waals surface area (Å²) < 4.78 is 1.88. The van der Waals surface area contributed by atoms with Crippen molar-refractivity contribution in [2.45, 2.75) is 32.6 Å². The third-order valence-electron chi connectivity index (χ3n) is 2.70. The standard InChI is InChI=1S/C13H16ClN3/c1-9(2)13-11(7-14)8-16-17(13)12-6-10(3)4-5-15-12/h4-6,8-9H,7H2,1-3H3. The van der Waals surface area contributed by atoms with E-state index in [9.17, 15) is 0 Å². The lowest BCUT2D eigenvalue weighted by atomic mass is 10.1. The van der Waals surface area contributed by atoms with Gasteiger partial charge in [-0.15, -0.1) is 11.6 Å². The molecule has 0 amide bonds. The van der Waals surface area contributed by atoms with E-state index in [0.29, 0.717) is 11.8 Å². The molecule has 0 spiro atoms. The lowest BCUT2D eigenvalue weighted by molar-refractivity contribution is 0.716. The largest absolute Gasteiger partial charge is 0.237 e. The number of aryl methyl sites for hydroxylation is 1. The van der Waals surface area contributed by atoms with Crippen LogP contribution in [0.3, 0.4) is 0 Å². The molecule has 0 unspecified atom stereocenters. The summed E-state index contributed by atoms with van der Waals surface area (Å²) in [6.45, 7) is 6.32. The summed E-state index contributed by atoms with van der Waals surface area (Å²) in [5.41, 5.74) is 3.38. The minimum atomic E-state index is 0.369. The molecular weight excluding hydrogens is 234 g/mol. The summed E-state index contributed by atoms with van der Waals surface area (Å²) in [4.78, 5) is 4.36. The fourth-order valence-electron chi connectivity index (χ4n) is 1.93. The van der Waals surface area contributed by atoms with Crippen molar-refractivity contribution in [3.05, 3.63) is 41.3 Å². The van der Waals surface area contributed by atoms with Gasteiger partial charge in [-0.25, -0.2) is 9.67 Å². The minimum absolute atomic E-state index is 0.369. The zero-order chi connectivity index (χ0) is 12.4. The number of pyridine rings is 1. The van der Waals surface area contributed by atoms with Crippen LogP contribution in [0.1, 0.15) is 36.6 Å². The van der Waals surface area contributed by atoms with E-state index in [1.165, 1.54) is 5.56 Å². The van der Waals surface area contributed by atoms with E-state index in [1.54, 1.807) is 6.20 Å². The second kappa shape index (κ2) is 4.88.